The molecule has 33 heavy (non-hydrogen) atoms. The van der Waals surface area contributed by atoms with Crippen LogP contribution in [0.15, 0.2) is 83.9 Å². The number of rotatable bonds is 5. The topological polar surface area (TPSA) is 41.9 Å². The fourth-order valence-corrected chi connectivity index (χ4v) is 3.88. The number of amides is 1. The number of carbonyl (C=O) groups is 1. The van der Waals surface area contributed by atoms with Gasteiger partial charge in [0.1, 0.15) is 17.3 Å². The van der Waals surface area contributed by atoms with Crippen molar-refractivity contribution in [2.24, 2.45) is 4.99 Å². The standard InChI is InChI=1S/C25H20F4N2O2/c1-16(17-6-3-2-4-7-17)30-22-15-23(18-8-5-9-19(26)14-18)31(24(22)32)20-10-12-21(13-11-20)33-25(27,28)29/h2-14,16,23H,15H2,1H3/t16-,23-/m1/s1. The highest BCUT2D eigenvalue weighted by molar-refractivity contribution is 6.46. The fourth-order valence-electron chi connectivity index (χ4n) is 3.88. The molecule has 0 aliphatic carbocycles. The minimum absolute atomic E-state index is 0.236. The number of hydrogen-bond donors (Lipinski definition) is 0. The predicted molar refractivity (Wildman–Crippen MR) is 117 cm³/mol. The Balaban J connectivity index is 1.69. The molecule has 1 fully saturated rings. The predicted octanol–water partition coefficient (Wildman–Crippen LogP) is 6.40. The van der Waals surface area contributed by atoms with Crippen LogP contribution >= 0.6 is 0 Å². The van der Waals surface area contributed by atoms with Gasteiger partial charge in [0, 0.05) is 12.1 Å². The highest BCUT2D eigenvalue weighted by Gasteiger charge is 2.39. The van der Waals surface area contributed by atoms with Crippen molar-refractivity contribution in [2.75, 3.05) is 4.90 Å². The van der Waals surface area contributed by atoms with Crippen LogP contribution in [0.3, 0.4) is 0 Å². The molecule has 0 radical (unpaired) electrons. The maximum atomic E-state index is 13.9. The molecule has 1 aliphatic rings. The first kappa shape index (κ1) is 22.5. The molecular weight excluding hydrogens is 436 g/mol. The molecule has 0 bridgehead atoms. The van der Waals surface area contributed by atoms with Crippen molar-refractivity contribution in [2.45, 2.75) is 31.8 Å². The third kappa shape index (κ3) is 5.22. The zero-order valence-electron chi connectivity index (χ0n) is 17.6. The Hall–Kier alpha value is -3.68. The lowest BCUT2D eigenvalue weighted by Gasteiger charge is -2.25. The first-order valence-electron chi connectivity index (χ1n) is 10.3. The number of aliphatic imine (C=N–C) groups is 1. The molecule has 0 spiro atoms. The molecule has 3 aromatic rings. The van der Waals surface area contributed by atoms with Crippen molar-refractivity contribution in [1.29, 1.82) is 0 Å². The van der Waals surface area contributed by atoms with E-state index in [4.69, 9.17) is 0 Å². The molecule has 0 aromatic heterocycles. The lowest BCUT2D eigenvalue weighted by molar-refractivity contribution is -0.274. The van der Waals surface area contributed by atoms with Crippen LogP contribution in [0.2, 0.25) is 0 Å². The minimum atomic E-state index is -4.82. The summed E-state index contributed by atoms with van der Waals surface area (Å²) in [5, 5.41) is 0. The molecule has 8 heteroatoms. The summed E-state index contributed by atoms with van der Waals surface area (Å²) in [5.41, 5.74) is 2.18. The van der Waals surface area contributed by atoms with Crippen LogP contribution in [-0.4, -0.2) is 18.0 Å². The van der Waals surface area contributed by atoms with Crippen LogP contribution in [0.4, 0.5) is 23.2 Å². The molecule has 1 heterocycles. The Morgan fingerprint density at radius 1 is 1.00 bits per heavy atom. The van der Waals surface area contributed by atoms with Gasteiger partial charge >= 0.3 is 6.36 Å². The van der Waals surface area contributed by atoms with E-state index in [0.29, 0.717) is 17.0 Å². The maximum absolute atomic E-state index is 13.9. The van der Waals surface area contributed by atoms with Gasteiger partial charge < -0.3 is 4.74 Å². The normalized spacial score (nSPS) is 18.6. The van der Waals surface area contributed by atoms with E-state index < -0.39 is 24.0 Å². The second-order valence-electron chi connectivity index (χ2n) is 7.65. The smallest absolute Gasteiger partial charge is 0.406 e. The number of ether oxygens (including phenoxy) is 1. The van der Waals surface area contributed by atoms with E-state index in [2.05, 4.69) is 9.73 Å². The Morgan fingerprint density at radius 2 is 1.70 bits per heavy atom. The molecule has 0 N–H and O–H groups in total. The number of halogens is 4. The summed E-state index contributed by atoms with van der Waals surface area (Å²) < 4.78 is 55.4. The first-order valence-corrected chi connectivity index (χ1v) is 10.3. The molecule has 170 valence electrons. The highest BCUT2D eigenvalue weighted by Crippen LogP contribution is 2.38. The molecule has 1 saturated heterocycles. The van der Waals surface area contributed by atoms with Crippen molar-refractivity contribution < 1.29 is 27.1 Å². The van der Waals surface area contributed by atoms with Gasteiger partial charge in [-0.15, -0.1) is 13.2 Å². The Morgan fingerprint density at radius 3 is 2.33 bits per heavy atom. The summed E-state index contributed by atoms with van der Waals surface area (Å²) in [6, 6.07) is 19.6. The third-order valence-electron chi connectivity index (χ3n) is 5.38. The number of alkyl halides is 3. The third-order valence-corrected chi connectivity index (χ3v) is 5.38. The second-order valence-corrected chi connectivity index (χ2v) is 7.65. The molecule has 4 nitrogen and oxygen atoms in total. The number of carbonyl (C=O) groups excluding carboxylic acids is 1. The minimum Gasteiger partial charge on any atom is -0.406 e. The highest BCUT2D eigenvalue weighted by atomic mass is 19.4. The van der Waals surface area contributed by atoms with E-state index in [0.717, 1.165) is 17.7 Å². The zero-order valence-corrected chi connectivity index (χ0v) is 17.6. The number of benzene rings is 3. The second kappa shape index (κ2) is 9.05. The Labute approximate surface area is 188 Å². The molecule has 0 unspecified atom stereocenters. The fraction of sp³-hybridized carbons (Fsp3) is 0.200. The molecule has 0 saturated carbocycles. The van der Waals surface area contributed by atoms with E-state index in [1.807, 2.05) is 37.3 Å². The molecule has 1 aliphatic heterocycles. The van der Waals surface area contributed by atoms with E-state index in [9.17, 15) is 22.4 Å². The van der Waals surface area contributed by atoms with Gasteiger partial charge in [-0.25, -0.2) is 4.39 Å². The number of nitrogens with zero attached hydrogens (tertiary/aromatic N) is 2. The molecule has 3 aromatic carbocycles. The van der Waals surface area contributed by atoms with Gasteiger partial charge in [0.05, 0.1) is 12.1 Å². The van der Waals surface area contributed by atoms with Crippen LogP contribution in [0.1, 0.15) is 36.6 Å². The monoisotopic (exact) mass is 456 g/mol. The average Bonchev–Trinajstić information content (AvgIpc) is 3.10. The van der Waals surface area contributed by atoms with Crippen LogP contribution in [0.5, 0.6) is 5.75 Å². The average molecular weight is 456 g/mol. The van der Waals surface area contributed by atoms with Gasteiger partial charge in [0.25, 0.3) is 5.91 Å². The van der Waals surface area contributed by atoms with Crippen molar-refractivity contribution in [1.82, 2.24) is 0 Å². The summed E-state index contributed by atoms with van der Waals surface area (Å²) >= 11 is 0. The Bertz CT molecular complexity index is 1160. The van der Waals surface area contributed by atoms with Gasteiger partial charge in [-0.05, 0) is 54.4 Å². The van der Waals surface area contributed by atoms with Crippen LogP contribution in [-0.2, 0) is 4.79 Å². The van der Waals surface area contributed by atoms with Gasteiger partial charge in [0.2, 0.25) is 0 Å². The van der Waals surface area contributed by atoms with E-state index in [1.54, 1.807) is 12.1 Å². The van der Waals surface area contributed by atoms with Gasteiger partial charge in [-0.1, -0.05) is 42.5 Å². The summed E-state index contributed by atoms with van der Waals surface area (Å²) in [6.45, 7) is 1.87. The lowest BCUT2D eigenvalue weighted by Crippen LogP contribution is -2.29. The van der Waals surface area contributed by atoms with Crippen LogP contribution in [0.25, 0.3) is 0 Å². The largest absolute Gasteiger partial charge is 0.573 e. The number of anilines is 1. The SMILES string of the molecule is C[C@@H](N=C1C[C@H](c2cccc(F)c2)N(c2ccc(OC(F)(F)F)cc2)C1=O)c1ccccc1. The van der Waals surface area contributed by atoms with E-state index in [-0.39, 0.29) is 18.4 Å². The van der Waals surface area contributed by atoms with Gasteiger partial charge in [-0.3, -0.25) is 14.7 Å². The van der Waals surface area contributed by atoms with Crippen molar-refractivity contribution in [3.63, 3.8) is 0 Å². The molecular formula is C25H20F4N2O2. The molecule has 4 rings (SSSR count). The van der Waals surface area contributed by atoms with Crippen LogP contribution in [0, 0.1) is 5.82 Å². The van der Waals surface area contributed by atoms with Crippen molar-refractivity contribution in [3.8, 4) is 5.75 Å². The van der Waals surface area contributed by atoms with Crippen molar-refractivity contribution in [3.05, 3.63) is 95.8 Å². The molecule has 1 amide bonds. The van der Waals surface area contributed by atoms with E-state index >= 15 is 0 Å². The number of hydrogen-bond acceptors (Lipinski definition) is 3. The van der Waals surface area contributed by atoms with Gasteiger partial charge in [-0.2, -0.15) is 0 Å². The lowest BCUT2D eigenvalue weighted by atomic mass is 10.0. The van der Waals surface area contributed by atoms with Crippen LogP contribution < -0.4 is 9.64 Å². The Kier molecular flexibility index (Phi) is 6.18. The summed E-state index contributed by atoms with van der Waals surface area (Å²) in [7, 11) is 0. The van der Waals surface area contributed by atoms with Crippen molar-refractivity contribution >= 4 is 17.3 Å². The quantitative estimate of drug-likeness (QED) is 0.417. The first-order chi connectivity index (χ1) is 15.7. The zero-order chi connectivity index (χ0) is 23.6. The summed E-state index contributed by atoms with van der Waals surface area (Å²) in [4.78, 5) is 19.4. The summed E-state index contributed by atoms with van der Waals surface area (Å²) in [5.74, 6) is -1.22. The molecule has 2 atom stereocenters. The summed E-state index contributed by atoms with van der Waals surface area (Å²) in [6.07, 6.45) is -4.58. The van der Waals surface area contributed by atoms with Gasteiger partial charge in [0.15, 0.2) is 0 Å². The maximum Gasteiger partial charge on any atom is 0.573 e. The van der Waals surface area contributed by atoms with E-state index in [1.165, 1.54) is 29.2 Å².